The van der Waals surface area contributed by atoms with E-state index in [2.05, 4.69) is 4.98 Å². The van der Waals surface area contributed by atoms with Gasteiger partial charge in [0.2, 0.25) is 0 Å². The lowest BCUT2D eigenvalue weighted by atomic mass is 10.0. The Morgan fingerprint density at radius 2 is 2.10 bits per heavy atom. The first-order valence-corrected chi connectivity index (χ1v) is 9.79. The molecular weight excluding hydrogens is 397 g/mol. The summed E-state index contributed by atoms with van der Waals surface area (Å²) < 4.78 is 24.3. The van der Waals surface area contributed by atoms with Crippen molar-refractivity contribution < 1.29 is 23.5 Å². The van der Waals surface area contributed by atoms with Gasteiger partial charge in [-0.05, 0) is 30.3 Å². The molecule has 2 aromatic heterocycles. The molecule has 3 aromatic rings. The van der Waals surface area contributed by atoms with Gasteiger partial charge in [-0.25, -0.2) is 9.37 Å². The van der Waals surface area contributed by atoms with Gasteiger partial charge in [-0.3, -0.25) is 9.59 Å². The SMILES string of the molecule is NC(=O)c1sc2ncccc2c1C1CN(C(=O)COc2ccc(F)cc2)CCO1. The lowest BCUT2D eigenvalue weighted by molar-refractivity contribution is -0.141. The van der Waals surface area contributed by atoms with Crippen molar-refractivity contribution >= 4 is 33.4 Å². The zero-order valence-corrected chi connectivity index (χ0v) is 16.2. The number of aromatic nitrogens is 1. The highest BCUT2D eigenvalue weighted by Gasteiger charge is 2.31. The molecule has 0 spiro atoms. The number of benzene rings is 1. The summed E-state index contributed by atoms with van der Waals surface area (Å²) in [6.07, 6.45) is 1.16. The van der Waals surface area contributed by atoms with Gasteiger partial charge >= 0.3 is 0 Å². The molecule has 4 rings (SSSR count). The Morgan fingerprint density at radius 3 is 2.86 bits per heavy atom. The predicted octanol–water partition coefficient (Wildman–Crippen LogP) is 2.51. The van der Waals surface area contributed by atoms with E-state index in [0.29, 0.717) is 34.2 Å². The van der Waals surface area contributed by atoms with Crippen molar-refractivity contribution in [3.05, 3.63) is 58.9 Å². The lowest BCUT2D eigenvalue weighted by Crippen LogP contribution is -2.44. The number of nitrogens with zero attached hydrogens (tertiary/aromatic N) is 2. The number of morpholine rings is 1. The van der Waals surface area contributed by atoms with E-state index in [-0.39, 0.29) is 24.9 Å². The first-order chi connectivity index (χ1) is 14.0. The van der Waals surface area contributed by atoms with Crippen molar-refractivity contribution in [3.63, 3.8) is 0 Å². The van der Waals surface area contributed by atoms with Crippen molar-refractivity contribution in [2.45, 2.75) is 6.10 Å². The summed E-state index contributed by atoms with van der Waals surface area (Å²) in [5, 5.41) is 0.799. The number of carbonyl (C=O) groups excluding carboxylic acids is 2. The van der Waals surface area contributed by atoms with Gasteiger partial charge in [0.1, 0.15) is 27.4 Å². The van der Waals surface area contributed by atoms with Crippen LogP contribution in [0.25, 0.3) is 10.2 Å². The molecule has 1 aliphatic rings. The number of nitrogens with two attached hydrogens (primary N) is 1. The summed E-state index contributed by atoms with van der Waals surface area (Å²) in [5.41, 5.74) is 6.23. The Morgan fingerprint density at radius 1 is 1.31 bits per heavy atom. The zero-order chi connectivity index (χ0) is 20.4. The van der Waals surface area contributed by atoms with Crippen LogP contribution in [0.4, 0.5) is 4.39 Å². The maximum atomic E-state index is 13.0. The van der Waals surface area contributed by atoms with E-state index in [0.717, 1.165) is 5.39 Å². The lowest BCUT2D eigenvalue weighted by Gasteiger charge is -2.33. The number of primary amides is 1. The number of carbonyl (C=O) groups is 2. The number of ether oxygens (including phenoxy) is 2. The summed E-state index contributed by atoms with van der Waals surface area (Å²) in [5.74, 6) is -0.728. The quantitative estimate of drug-likeness (QED) is 0.691. The number of fused-ring (bicyclic) bond motifs is 1. The summed E-state index contributed by atoms with van der Waals surface area (Å²) in [7, 11) is 0. The van der Waals surface area contributed by atoms with Gasteiger partial charge in [-0.1, -0.05) is 6.07 Å². The molecule has 1 atom stereocenters. The second-order valence-electron chi connectivity index (χ2n) is 6.51. The van der Waals surface area contributed by atoms with Crippen molar-refractivity contribution in [2.75, 3.05) is 26.3 Å². The summed E-state index contributed by atoms with van der Waals surface area (Å²) in [4.78, 5) is 31.6. The van der Waals surface area contributed by atoms with E-state index in [9.17, 15) is 14.0 Å². The third-order valence-corrected chi connectivity index (χ3v) is 5.79. The van der Waals surface area contributed by atoms with E-state index in [1.807, 2.05) is 6.07 Å². The van der Waals surface area contributed by atoms with Crippen LogP contribution in [0, 0.1) is 5.82 Å². The smallest absolute Gasteiger partial charge is 0.260 e. The number of hydrogen-bond acceptors (Lipinski definition) is 6. The molecule has 1 aliphatic heterocycles. The largest absolute Gasteiger partial charge is 0.484 e. The van der Waals surface area contributed by atoms with Gasteiger partial charge in [-0.15, -0.1) is 11.3 Å². The van der Waals surface area contributed by atoms with Crippen molar-refractivity contribution in [1.29, 1.82) is 0 Å². The van der Waals surface area contributed by atoms with Crippen LogP contribution in [0.1, 0.15) is 21.3 Å². The average molecular weight is 415 g/mol. The monoisotopic (exact) mass is 415 g/mol. The van der Waals surface area contributed by atoms with Crippen LogP contribution in [-0.4, -0.2) is 48.0 Å². The molecule has 3 heterocycles. The molecule has 1 unspecified atom stereocenters. The first kappa shape index (κ1) is 19.3. The van der Waals surface area contributed by atoms with Gasteiger partial charge in [0.25, 0.3) is 11.8 Å². The molecule has 7 nitrogen and oxygen atoms in total. The highest BCUT2D eigenvalue weighted by atomic mass is 32.1. The molecule has 29 heavy (non-hydrogen) atoms. The topological polar surface area (TPSA) is 94.8 Å². The highest BCUT2D eigenvalue weighted by molar-refractivity contribution is 7.20. The van der Waals surface area contributed by atoms with E-state index in [1.54, 1.807) is 17.2 Å². The number of thiophene rings is 1. The van der Waals surface area contributed by atoms with Gasteiger partial charge in [0, 0.05) is 23.7 Å². The molecule has 1 fully saturated rings. The molecular formula is C20H18FN3O4S. The van der Waals surface area contributed by atoms with Crippen LogP contribution in [0.15, 0.2) is 42.6 Å². The Balaban J connectivity index is 1.50. The molecule has 2 N–H and O–H groups in total. The number of halogens is 1. The number of rotatable bonds is 5. The van der Waals surface area contributed by atoms with Crippen molar-refractivity contribution in [2.24, 2.45) is 5.73 Å². The molecule has 0 aliphatic carbocycles. The van der Waals surface area contributed by atoms with Crippen molar-refractivity contribution in [3.8, 4) is 5.75 Å². The van der Waals surface area contributed by atoms with Crippen molar-refractivity contribution in [1.82, 2.24) is 9.88 Å². The van der Waals surface area contributed by atoms with Crippen LogP contribution >= 0.6 is 11.3 Å². The average Bonchev–Trinajstić information content (AvgIpc) is 3.13. The van der Waals surface area contributed by atoms with Crippen LogP contribution in [0.5, 0.6) is 5.75 Å². The van der Waals surface area contributed by atoms with Gasteiger partial charge in [-0.2, -0.15) is 0 Å². The van der Waals surface area contributed by atoms with Crippen LogP contribution in [0.3, 0.4) is 0 Å². The summed E-state index contributed by atoms with van der Waals surface area (Å²) >= 11 is 1.22. The molecule has 1 aromatic carbocycles. The summed E-state index contributed by atoms with van der Waals surface area (Å²) in [6, 6.07) is 9.12. The Hall–Kier alpha value is -3.04. The zero-order valence-electron chi connectivity index (χ0n) is 15.3. The van der Waals surface area contributed by atoms with E-state index < -0.39 is 12.0 Å². The fraction of sp³-hybridized carbons (Fsp3) is 0.250. The van der Waals surface area contributed by atoms with Gasteiger partial charge in [0.05, 0.1) is 13.2 Å². The number of pyridine rings is 1. The predicted molar refractivity (Wildman–Crippen MR) is 105 cm³/mol. The van der Waals surface area contributed by atoms with Gasteiger partial charge in [0.15, 0.2) is 6.61 Å². The second-order valence-corrected chi connectivity index (χ2v) is 7.51. The molecule has 0 saturated carbocycles. The third kappa shape index (κ3) is 4.06. The Bertz CT molecular complexity index is 1050. The molecule has 2 amide bonds. The summed E-state index contributed by atoms with van der Waals surface area (Å²) in [6.45, 7) is 0.830. The Labute approximate surface area is 169 Å². The minimum atomic E-state index is -0.547. The molecule has 1 saturated heterocycles. The molecule has 0 bridgehead atoms. The minimum absolute atomic E-state index is 0.174. The number of hydrogen-bond donors (Lipinski definition) is 1. The Kier molecular flexibility index (Phi) is 5.41. The fourth-order valence-electron chi connectivity index (χ4n) is 3.27. The normalized spacial score (nSPS) is 16.7. The molecule has 0 radical (unpaired) electrons. The highest BCUT2D eigenvalue weighted by Crippen LogP contribution is 2.37. The third-order valence-electron chi connectivity index (χ3n) is 4.65. The van der Waals surface area contributed by atoms with E-state index in [4.69, 9.17) is 15.2 Å². The maximum absolute atomic E-state index is 13.0. The van der Waals surface area contributed by atoms with Crippen LogP contribution in [-0.2, 0) is 9.53 Å². The standard InChI is InChI=1S/C20H18FN3O4S/c21-12-3-5-13(6-4-12)28-11-16(25)24-8-9-27-15(10-24)17-14-2-1-7-23-20(14)29-18(17)19(22)26/h1-7,15H,8-11H2,(H2,22,26). The fourth-order valence-corrected chi connectivity index (χ4v) is 4.32. The molecule has 150 valence electrons. The van der Waals surface area contributed by atoms with E-state index in [1.165, 1.54) is 35.6 Å². The second kappa shape index (κ2) is 8.14. The minimum Gasteiger partial charge on any atom is -0.484 e. The van der Waals surface area contributed by atoms with E-state index >= 15 is 0 Å². The molecule has 9 heteroatoms. The first-order valence-electron chi connectivity index (χ1n) is 8.98. The maximum Gasteiger partial charge on any atom is 0.260 e. The van der Waals surface area contributed by atoms with Crippen LogP contribution in [0.2, 0.25) is 0 Å². The van der Waals surface area contributed by atoms with Crippen LogP contribution < -0.4 is 10.5 Å². The number of amides is 2. The van der Waals surface area contributed by atoms with Gasteiger partial charge < -0.3 is 20.1 Å².